The molecule has 1 saturated heterocycles. The van der Waals surface area contributed by atoms with E-state index in [1.807, 2.05) is 31.2 Å². The molecular formula is C19H23N7O. The van der Waals surface area contributed by atoms with Gasteiger partial charge in [-0.15, -0.1) is 0 Å². The zero-order chi connectivity index (χ0) is 18.6. The van der Waals surface area contributed by atoms with E-state index in [9.17, 15) is 0 Å². The second-order valence-electron chi connectivity index (χ2n) is 6.38. The summed E-state index contributed by atoms with van der Waals surface area (Å²) < 4.78 is 5.49. The second-order valence-corrected chi connectivity index (χ2v) is 6.38. The Balaban J connectivity index is 1.53. The molecule has 3 aromatic rings. The van der Waals surface area contributed by atoms with Crippen LogP contribution in [-0.2, 0) is 0 Å². The molecule has 0 bridgehead atoms. The zero-order valence-electron chi connectivity index (χ0n) is 15.4. The lowest BCUT2D eigenvalue weighted by Gasteiger charge is -2.22. The number of aromatic nitrogens is 4. The maximum absolute atomic E-state index is 6.14. The van der Waals surface area contributed by atoms with E-state index in [4.69, 9.17) is 15.5 Å². The molecule has 27 heavy (non-hydrogen) atoms. The van der Waals surface area contributed by atoms with Crippen LogP contribution in [0.1, 0.15) is 13.3 Å². The predicted octanol–water partition coefficient (Wildman–Crippen LogP) is 2.12. The molecule has 1 aromatic carbocycles. The molecule has 0 amide bonds. The van der Waals surface area contributed by atoms with Crippen LogP contribution in [0, 0.1) is 0 Å². The van der Waals surface area contributed by atoms with Crippen molar-refractivity contribution in [2.45, 2.75) is 13.3 Å². The van der Waals surface area contributed by atoms with Crippen LogP contribution >= 0.6 is 0 Å². The van der Waals surface area contributed by atoms with Crippen LogP contribution in [0.5, 0.6) is 5.88 Å². The van der Waals surface area contributed by atoms with Gasteiger partial charge in [-0.1, -0.05) is 12.1 Å². The Morgan fingerprint density at radius 3 is 2.56 bits per heavy atom. The summed E-state index contributed by atoms with van der Waals surface area (Å²) >= 11 is 0. The lowest BCUT2D eigenvalue weighted by Crippen LogP contribution is -2.32. The number of nitrogens with two attached hydrogens (primary N) is 1. The summed E-state index contributed by atoms with van der Waals surface area (Å²) in [6.45, 7) is 5.83. The molecule has 1 fully saturated rings. The lowest BCUT2D eigenvalue weighted by molar-refractivity contribution is 0.326. The van der Waals surface area contributed by atoms with Crippen molar-refractivity contribution in [1.29, 1.82) is 0 Å². The summed E-state index contributed by atoms with van der Waals surface area (Å²) in [5.41, 5.74) is 7.01. The van der Waals surface area contributed by atoms with Crippen LogP contribution in [0.2, 0.25) is 0 Å². The van der Waals surface area contributed by atoms with Gasteiger partial charge in [-0.05, 0) is 25.5 Å². The maximum Gasteiger partial charge on any atom is 0.228 e. The molecule has 0 aliphatic carbocycles. The highest BCUT2D eigenvalue weighted by Crippen LogP contribution is 2.22. The maximum atomic E-state index is 6.14. The molecule has 2 N–H and O–H groups in total. The number of nitrogens with zero attached hydrogens (tertiary/aromatic N) is 6. The van der Waals surface area contributed by atoms with Gasteiger partial charge in [0.25, 0.3) is 0 Å². The highest BCUT2D eigenvalue weighted by molar-refractivity contribution is 5.88. The van der Waals surface area contributed by atoms with E-state index in [0.717, 1.165) is 43.5 Å². The van der Waals surface area contributed by atoms with Crippen molar-refractivity contribution in [3.63, 3.8) is 0 Å². The molecule has 0 spiro atoms. The highest BCUT2D eigenvalue weighted by atomic mass is 16.5. The fraction of sp³-hybridized carbons (Fsp3) is 0.368. The Kier molecular flexibility index (Phi) is 4.86. The van der Waals surface area contributed by atoms with Crippen molar-refractivity contribution < 1.29 is 4.74 Å². The molecule has 0 radical (unpaired) electrons. The Hall–Kier alpha value is -3.16. The summed E-state index contributed by atoms with van der Waals surface area (Å²) in [6, 6.07) is 9.60. The molecule has 0 unspecified atom stereocenters. The van der Waals surface area contributed by atoms with Crippen molar-refractivity contribution in [2.24, 2.45) is 0 Å². The van der Waals surface area contributed by atoms with Crippen LogP contribution in [0.3, 0.4) is 0 Å². The van der Waals surface area contributed by atoms with E-state index in [0.29, 0.717) is 30.2 Å². The number of ether oxygens (including phenoxy) is 1. The number of nitrogen functional groups attached to an aromatic ring is 1. The van der Waals surface area contributed by atoms with Crippen molar-refractivity contribution in [2.75, 3.05) is 48.3 Å². The van der Waals surface area contributed by atoms with Crippen LogP contribution in [0.15, 0.2) is 36.5 Å². The molecule has 8 nitrogen and oxygen atoms in total. The van der Waals surface area contributed by atoms with Gasteiger partial charge in [-0.3, -0.25) is 0 Å². The monoisotopic (exact) mass is 365 g/mol. The SMILES string of the molecule is CCOc1ccnc(N2CCCN(c3nc(N)c4ccccc4n3)CC2)n1. The standard InChI is InChI=1S/C19H23N7O/c1-2-27-16-8-9-21-18(23-16)25-10-5-11-26(13-12-25)19-22-15-7-4-3-6-14(15)17(20)24-19/h3-4,6-9H,2,5,10-13H2,1H3,(H2,20,22,24). The largest absolute Gasteiger partial charge is 0.478 e. The molecule has 140 valence electrons. The molecule has 1 aliphatic heterocycles. The van der Waals surface area contributed by atoms with Gasteiger partial charge >= 0.3 is 0 Å². The first kappa shape index (κ1) is 17.3. The summed E-state index contributed by atoms with van der Waals surface area (Å²) in [7, 11) is 0. The van der Waals surface area contributed by atoms with Crippen LogP contribution < -0.4 is 20.3 Å². The smallest absolute Gasteiger partial charge is 0.228 e. The fourth-order valence-corrected chi connectivity index (χ4v) is 3.26. The van der Waals surface area contributed by atoms with Gasteiger partial charge in [0, 0.05) is 43.8 Å². The molecule has 4 rings (SSSR count). The molecule has 3 heterocycles. The third-order valence-corrected chi connectivity index (χ3v) is 4.59. The van der Waals surface area contributed by atoms with E-state index in [2.05, 4.69) is 24.8 Å². The van der Waals surface area contributed by atoms with Gasteiger partial charge in [0.05, 0.1) is 12.1 Å². The van der Waals surface area contributed by atoms with Crippen molar-refractivity contribution in [3.05, 3.63) is 36.5 Å². The number of benzene rings is 1. The van der Waals surface area contributed by atoms with Gasteiger partial charge in [0.15, 0.2) is 0 Å². The number of hydrogen-bond donors (Lipinski definition) is 1. The number of anilines is 3. The number of para-hydroxylation sites is 1. The summed E-state index contributed by atoms with van der Waals surface area (Å²) in [4.78, 5) is 22.5. The molecule has 8 heteroatoms. The van der Waals surface area contributed by atoms with Gasteiger partial charge in [0.1, 0.15) is 5.82 Å². The van der Waals surface area contributed by atoms with E-state index >= 15 is 0 Å². The highest BCUT2D eigenvalue weighted by Gasteiger charge is 2.20. The quantitative estimate of drug-likeness (QED) is 0.751. The minimum absolute atomic E-state index is 0.518. The van der Waals surface area contributed by atoms with Crippen LogP contribution in [0.4, 0.5) is 17.7 Å². The first-order valence-electron chi connectivity index (χ1n) is 9.22. The zero-order valence-corrected chi connectivity index (χ0v) is 15.4. The fourth-order valence-electron chi connectivity index (χ4n) is 3.26. The van der Waals surface area contributed by atoms with E-state index in [1.54, 1.807) is 12.3 Å². The van der Waals surface area contributed by atoms with Crippen molar-refractivity contribution in [1.82, 2.24) is 19.9 Å². The van der Waals surface area contributed by atoms with E-state index in [1.165, 1.54) is 0 Å². The van der Waals surface area contributed by atoms with Gasteiger partial charge in [-0.2, -0.15) is 9.97 Å². The Labute approximate surface area is 158 Å². The summed E-state index contributed by atoms with van der Waals surface area (Å²) in [6.07, 6.45) is 2.70. The normalized spacial score (nSPS) is 15.0. The Morgan fingerprint density at radius 2 is 1.74 bits per heavy atom. The minimum Gasteiger partial charge on any atom is -0.478 e. The Bertz CT molecular complexity index is 933. The number of hydrogen-bond acceptors (Lipinski definition) is 8. The topological polar surface area (TPSA) is 93.3 Å². The molecule has 0 atom stereocenters. The second kappa shape index (κ2) is 7.61. The summed E-state index contributed by atoms with van der Waals surface area (Å²) in [5.74, 6) is 2.50. The first-order valence-corrected chi connectivity index (χ1v) is 9.22. The summed E-state index contributed by atoms with van der Waals surface area (Å²) in [5, 5.41) is 0.888. The Morgan fingerprint density at radius 1 is 0.963 bits per heavy atom. The first-order chi connectivity index (χ1) is 13.2. The third kappa shape index (κ3) is 3.69. The van der Waals surface area contributed by atoms with Gasteiger partial charge in [-0.25, -0.2) is 9.97 Å². The predicted molar refractivity (Wildman–Crippen MR) is 106 cm³/mol. The average Bonchev–Trinajstić information content (AvgIpc) is 2.95. The lowest BCUT2D eigenvalue weighted by atomic mass is 10.2. The van der Waals surface area contributed by atoms with Gasteiger partial charge in [0.2, 0.25) is 17.8 Å². The molecular weight excluding hydrogens is 342 g/mol. The van der Waals surface area contributed by atoms with E-state index < -0.39 is 0 Å². The van der Waals surface area contributed by atoms with Crippen molar-refractivity contribution in [3.8, 4) is 5.88 Å². The van der Waals surface area contributed by atoms with E-state index in [-0.39, 0.29) is 0 Å². The minimum atomic E-state index is 0.518. The molecule has 1 aliphatic rings. The van der Waals surface area contributed by atoms with Crippen LogP contribution in [-0.4, -0.2) is 52.7 Å². The molecule has 2 aromatic heterocycles. The average molecular weight is 365 g/mol. The third-order valence-electron chi connectivity index (χ3n) is 4.59. The van der Waals surface area contributed by atoms with Crippen LogP contribution in [0.25, 0.3) is 10.9 Å². The van der Waals surface area contributed by atoms with Crippen molar-refractivity contribution >= 4 is 28.6 Å². The molecule has 0 saturated carbocycles. The van der Waals surface area contributed by atoms with Gasteiger partial charge < -0.3 is 20.3 Å². The number of fused-ring (bicyclic) bond motifs is 1. The number of rotatable bonds is 4.